The van der Waals surface area contributed by atoms with Crippen molar-refractivity contribution in [2.45, 2.75) is 0 Å². The molecule has 0 fully saturated rings. The van der Waals surface area contributed by atoms with Crippen LogP contribution in [-0.2, 0) is 0 Å². The van der Waals surface area contributed by atoms with Crippen LogP contribution < -0.4 is 0 Å². The average molecular weight is 263 g/mol. The van der Waals surface area contributed by atoms with Crippen LogP contribution in [0.3, 0.4) is 0 Å². The minimum Gasteiger partial charge on any atom is -0.360 e. The Labute approximate surface area is 106 Å². The van der Waals surface area contributed by atoms with Gasteiger partial charge in [0, 0.05) is 29.5 Å². The quantitative estimate of drug-likeness (QED) is 0.719. The van der Waals surface area contributed by atoms with E-state index in [1.54, 1.807) is 24.7 Å². The maximum atomic E-state index is 12.3. The molecular weight excluding hydrogens is 256 g/mol. The number of thiophene rings is 1. The van der Waals surface area contributed by atoms with Gasteiger partial charge in [0.05, 0.1) is 15.5 Å². The Bertz CT molecular complexity index is 701. The van der Waals surface area contributed by atoms with Gasteiger partial charge in [0.15, 0.2) is 0 Å². The number of fused-ring (bicyclic) bond motifs is 1. The molecule has 0 aliphatic carbocycles. The molecule has 0 spiro atoms. The van der Waals surface area contributed by atoms with Gasteiger partial charge in [-0.15, -0.1) is 11.3 Å². The van der Waals surface area contributed by atoms with Crippen LogP contribution in [0, 0.1) is 0 Å². The van der Waals surface area contributed by atoms with Crippen LogP contribution in [0.5, 0.6) is 0 Å². The van der Waals surface area contributed by atoms with Crippen LogP contribution in [0.2, 0.25) is 5.02 Å². The Balaban J connectivity index is 2.17. The van der Waals surface area contributed by atoms with Crippen molar-refractivity contribution in [1.82, 2.24) is 9.97 Å². The molecular formula is C12H7ClN2OS. The van der Waals surface area contributed by atoms with E-state index in [1.807, 2.05) is 11.4 Å². The van der Waals surface area contributed by atoms with Crippen molar-refractivity contribution in [1.29, 1.82) is 0 Å². The summed E-state index contributed by atoms with van der Waals surface area (Å²) < 4.78 is 0. The van der Waals surface area contributed by atoms with Crippen LogP contribution >= 0.6 is 22.9 Å². The van der Waals surface area contributed by atoms with Gasteiger partial charge >= 0.3 is 0 Å². The third kappa shape index (κ3) is 1.66. The summed E-state index contributed by atoms with van der Waals surface area (Å²) in [4.78, 5) is 19.9. The molecule has 1 N–H and O–H groups in total. The van der Waals surface area contributed by atoms with Gasteiger partial charge in [-0.3, -0.25) is 9.78 Å². The Morgan fingerprint density at radius 3 is 3.06 bits per heavy atom. The highest BCUT2D eigenvalue weighted by Crippen LogP contribution is 2.27. The number of nitrogens with zero attached hydrogens (tertiary/aromatic N) is 1. The number of nitrogens with one attached hydrogen (secondary N) is 1. The Kier molecular flexibility index (Phi) is 2.46. The van der Waals surface area contributed by atoms with E-state index in [9.17, 15) is 4.79 Å². The van der Waals surface area contributed by atoms with Crippen molar-refractivity contribution in [2.24, 2.45) is 0 Å². The van der Waals surface area contributed by atoms with Gasteiger partial charge in [-0.25, -0.2) is 0 Å². The van der Waals surface area contributed by atoms with Gasteiger partial charge in [-0.2, -0.15) is 0 Å². The van der Waals surface area contributed by atoms with Crippen molar-refractivity contribution in [2.75, 3.05) is 0 Å². The lowest BCUT2D eigenvalue weighted by Gasteiger charge is -1.96. The number of rotatable bonds is 2. The monoisotopic (exact) mass is 262 g/mol. The number of carbonyl (C=O) groups is 1. The largest absolute Gasteiger partial charge is 0.360 e. The molecule has 3 nitrogen and oxygen atoms in total. The van der Waals surface area contributed by atoms with Crippen LogP contribution in [-0.4, -0.2) is 15.8 Å². The molecule has 0 aromatic carbocycles. The second-order valence-electron chi connectivity index (χ2n) is 3.55. The standard InChI is InChI=1S/C12H7ClN2OS/c13-9-2-4-17-12(9)11(16)8-6-15-10-1-3-14-5-7(8)10/h1-6,15H. The average Bonchev–Trinajstić information content (AvgIpc) is 2.94. The van der Waals surface area contributed by atoms with Crippen molar-refractivity contribution in [3.8, 4) is 0 Å². The number of H-pyrrole nitrogens is 1. The lowest BCUT2D eigenvalue weighted by atomic mass is 10.1. The maximum absolute atomic E-state index is 12.3. The lowest BCUT2D eigenvalue weighted by Crippen LogP contribution is -1.97. The first-order valence-corrected chi connectivity index (χ1v) is 6.22. The summed E-state index contributed by atoms with van der Waals surface area (Å²) in [5, 5.41) is 3.13. The fourth-order valence-corrected chi connectivity index (χ4v) is 2.82. The molecule has 0 aliphatic heterocycles. The summed E-state index contributed by atoms with van der Waals surface area (Å²) >= 11 is 7.32. The molecule has 0 amide bonds. The Hall–Kier alpha value is -1.65. The van der Waals surface area contributed by atoms with E-state index >= 15 is 0 Å². The Morgan fingerprint density at radius 2 is 2.29 bits per heavy atom. The van der Waals surface area contributed by atoms with Gasteiger partial charge in [-0.1, -0.05) is 11.6 Å². The molecule has 3 rings (SSSR count). The molecule has 0 radical (unpaired) electrons. The zero-order chi connectivity index (χ0) is 11.8. The van der Waals surface area contributed by atoms with Gasteiger partial charge in [0.2, 0.25) is 5.78 Å². The number of pyridine rings is 1. The lowest BCUT2D eigenvalue weighted by molar-refractivity contribution is 0.104. The number of aromatic nitrogens is 2. The number of halogens is 1. The second-order valence-corrected chi connectivity index (χ2v) is 4.87. The summed E-state index contributed by atoms with van der Waals surface area (Å²) in [7, 11) is 0. The van der Waals surface area contributed by atoms with Gasteiger partial charge in [0.1, 0.15) is 0 Å². The van der Waals surface area contributed by atoms with E-state index in [0.717, 1.165) is 10.9 Å². The first-order valence-electron chi connectivity index (χ1n) is 4.96. The van der Waals surface area contributed by atoms with Crippen molar-refractivity contribution < 1.29 is 4.79 Å². The third-order valence-electron chi connectivity index (χ3n) is 2.55. The molecule has 0 unspecified atom stereocenters. The molecule has 3 heterocycles. The summed E-state index contributed by atoms with van der Waals surface area (Å²) in [6.07, 6.45) is 5.07. The topological polar surface area (TPSA) is 45.8 Å². The van der Waals surface area contributed by atoms with Gasteiger partial charge in [-0.05, 0) is 17.5 Å². The van der Waals surface area contributed by atoms with E-state index in [4.69, 9.17) is 11.6 Å². The molecule has 3 aromatic heterocycles. The normalized spacial score (nSPS) is 10.9. The fourth-order valence-electron chi connectivity index (χ4n) is 1.73. The highest BCUT2D eigenvalue weighted by Gasteiger charge is 2.17. The Morgan fingerprint density at radius 1 is 1.41 bits per heavy atom. The molecule has 3 aromatic rings. The van der Waals surface area contributed by atoms with E-state index in [2.05, 4.69) is 9.97 Å². The van der Waals surface area contributed by atoms with Gasteiger partial charge < -0.3 is 4.98 Å². The number of hydrogen-bond donors (Lipinski definition) is 1. The van der Waals surface area contributed by atoms with Crippen molar-refractivity contribution in [3.63, 3.8) is 0 Å². The number of ketones is 1. The smallest absolute Gasteiger partial charge is 0.206 e. The zero-order valence-corrected chi connectivity index (χ0v) is 10.2. The number of hydrogen-bond acceptors (Lipinski definition) is 3. The van der Waals surface area contributed by atoms with Crippen molar-refractivity contribution >= 4 is 39.6 Å². The van der Waals surface area contributed by atoms with E-state index in [-0.39, 0.29) is 5.78 Å². The zero-order valence-electron chi connectivity index (χ0n) is 8.61. The predicted molar refractivity (Wildman–Crippen MR) is 68.9 cm³/mol. The van der Waals surface area contributed by atoms with Crippen LogP contribution in [0.1, 0.15) is 15.2 Å². The molecule has 0 atom stereocenters. The maximum Gasteiger partial charge on any atom is 0.206 e. The summed E-state index contributed by atoms with van der Waals surface area (Å²) in [5.74, 6) is -0.0655. The summed E-state index contributed by atoms with van der Waals surface area (Å²) in [6, 6.07) is 3.56. The number of aromatic amines is 1. The first-order chi connectivity index (χ1) is 8.27. The summed E-state index contributed by atoms with van der Waals surface area (Å²) in [6.45, 7) is 0. The SMILES string of the molecule is O=C(c1sccc1Cl)c1c[nH]c2ccncc12. The van der Waals surface area contributed by atoms with Crippen molar-refractivity contribution in [3.05, 3.63) is 51.6 Å². The van der Waals surface area contributed by atoms with Crippen LogP contribution in [0.25, 0.3) is 10.9 Å². The first kappa shape index (κ1) is 10.5. The summed E-state index contributed by atoms with van der Waals surface area (Å²) in [5.41, 5.74) is 1.51. The highest BCUT2D eigenvalue weighted by molar-refractivity contribution is 7.13. The molecule has 17 heavy (non-hydrogen) atoms. The molecule has 84 valence electrons. The fraction of sp³-hybridized carbons (Fsp3) is 0. The van der Waals surface area contributed by atoms with E-state index < -0.39 is 0 Å². The molecule has 0 saturated heterocycles. The number of carbonyl (C=O) groups excluding carboxylic acids is 1. The predicted octanol–water partition coefficient (Wildman–Crippen LogP) is 3.51. The molecule has 0 saturated carbocycles. The minimum absolute atomic E-state index is 0.0655. The van der Waals surface area contributed by atoms with Crippen LogP contribution in [0.15, 0.2) is 36.1 Å². The minimum atomic E-state index is -0.0655. The second kappa shape index (κ2) is 3.98. The van der Waals surface area contributed by atoms with Crippen LogP contribution in [0.4, 0.5) is 0 Å². The van der Waals surface area contributed by atoms with Gasteiger partial charge in [0.25, 0.3) is 0 Å². The van der Waals surface area contributed by atoms with E-state index in [1.165, 1.54) is 11.3 Å². The van der Waals surface area contributed by atoms with E-state index in [0.29, 0.717) is 15.5 Å². The highest BCUT2D eigenvalue weighted by atomic mass is 35.5. The molecule has 0 aliphatic rings. The third-order valence-corrected chi connectivity index (χ3v) is 3.89. The molecule has 0 bridgehead atoms. The molecule has 5 heteroatoms.